The smallest absolute Gasteiger partial charge is 0.220 e. The molecule has 0 aliphatic carbocycles. The third-order valence-corrected chi connectivity index (χ3v) is 2.62. The molecule has 0 spiro atoms. The highest BCUT2D eigenvalue weighted by Gasteiger charge is 2.06. The molecule has 3 aromatic heterocycles. The number of nitrogen functional groups attached to an aromatic ring is 2. The van der Waals surface area contributed by atoms with E-state index in [2.05, 4.69) is 24.9 Å². The molecule has 7 nitrogen and oxygen atoms in total. The molecule has 20 heavy (non-hydrogen) atoms. The molecular formula is C13H11N7. The van der Waals surface area contributed by atoms with E-state index in [0.29, 0.717) is 22.8 Å². The molecule has 0 radical (unpaired) electrons. The van der Waals surface area contributed by atoms with Crippen molar-refractivity contribution in [1.82, 2.24) is 24.9 Å². The van der Waals surface area contributed by atoms with Crippen molar-refractivity contribution in [1.29, 1.82) is 0 Å². The number of rotatable bonds is 2. The number of nitrogens with two attached hydrogens (primary N) is 2. The highest BCUT2D eigenvalue weighted by molar-refractivity contribution is 5.62. The Morgan fingerprint density at radius 1 is 0.600 bits per heavy atom. The van der Waals surface area contributed by atoms with Crippen LogP contribution in [0, 0.1) is 0 Å². The van der Waals surface area contributed by atoms with Crippen molar-refractivity contribution < 1.29 is 0 Å². The van der Waals surface area contributed by atoms with E-state index in [4.69, 9.17) is 11.5 Å². The zero-order chi connectivity index (χ0) is 13.9. The van der Waals surface area contributed by atoms with E-state index in [1.165, 1.54) is 0 Å². The van der Waals surface area contributed by atoms with E-state index < -0.39 is 0 Å². The first kappa shape index (κ1) is 12.0. The molecule has 0 saturated carbocycles. The molecule has 3 rings (SSSR count). The third-order valence-electron chi connectivity index (χ3n) is 2.62. The number of hydrogen-bond acceptors (Lipinski definition) is 7. The van der Waals surface area contributed by atoms with Crippen LogP contribution in [0.25, 0.3) is 22.8 Å². The molecule has 0 saturated heterocycles. The van der Waals surface area contributed by atoms with E-state index in [-0.39, 0.29) is 11.9 Å². The Balaban J connectivity index is 2.06. The van der Waals surface area contributed by atoms with Gasteiger partial charge in [-0.1, -0.05) is 6.07 Å². The summed E-state index contributed by atoms with van der Waals surface area (Å²) in [6, 6.07) is 9.05. The van der Waals surface area contributed by atoms with Crippen LogP contribution in [0.3, 0.4) is 0 Å². The summed E-state index contributed by atoms with van der Waals surface area (Å²) in [5.74, 6) is 0.418. The minimum Gasteiger partial charge on any atom is -0.368 e. The van der Waals surface area contributed by atoms with E-state index in [1.54, 1.807) is 24.5 Å². The van der Waals surface area contributed by atoms with Gasteiger partial charge in [0.05, 0.1) is 22.8 Å². The zero-order valence-corrected chi connectivity index (χ0v) is 10.4. The predicted molar refractivity (Wildman–Crippen MR) is 75.1 cm³/mol. The number of nitrogens with zero attached hydrogens (tertiary/aromatic N) is 5. The van der Waals surface area contributed by atoms with Crippen LogP contribution in [0.1, 0.15) is 0 Å². The second-order valence-corrected chi connectivity index (χ2v) is 4.01. The molecule has 0 amide bonds. The van der Waals surface area contributed by atoms with Gasteiger partial charge in [0, 0.05) is 12.4 Å². The van der Waals surface area contributed by atoms with Crippen molar-refractivity contribution in [3.63, 3.8) is 0 Å². The largest absolute Gasteiger partial charge is 0.368 e. The minimum absolute atomic E-state index is 0.209. The maximum absolute atomic E-state index is 5.58. The van der Waals surface area contributed by atoms with Crippen LogP contribution in [0.15, 0.2) is 42.7 Å². The van der Waals surface area contributed by atoms with Crippen LogP contribution in [-0.2, 0) is 0 Å². The molecule has 98 valence electrons. The molecule has 4 N–H and O–H groups in total. The summed E-state index contributed by atoms with van der Waals surface area (Å²) in [5, 5.41) is 0. The Kier molecular flexibility index (Phi) is 2.92. The van der Waals surface area contributed by atoms with Crippen molar-refractivity contribution in [2.45, 2.75) is 0 Å². The number of aromatic nitrogens is 5. The highest BCUT2D eigenvalue weighted by atomic mass is 15.0. The summed E-state index contributed by atoms with van der Waals surface area (Å²) in [4.78, 5) is 20.5. The Hall–Kier alpha value is -3.09. The van der Waals surface area contributed by atoms with Gasteiger partial charge in [-0.25, -0.2) is 24.9 Å². The highest BCUT2D eigenvalue weighted by Crippen LogP contribution is 2.20. The monoisotopic (exact) mass is 265 g/mol. The van der Waals surface area contributed by atoms with E-state index in [0.717, 1.165) is 0 Å². The lowest BCUT2D eigenvalue weighted by Crippen LogP contribution is -1.98. The fraction of sp³-hybridized carbons (Fsp3) is 0. The lowest BCUT2D eigenvalue weighted by molar-refractivity contribution is 1.15. The van der Waals surface area contributed by atoms with Crippen LogP contribution in [-0.4, -0.2) is 24.9 Å². The molecule has 0 aliphatic heterocycles. The summed E-state index contributed by atoms with van der Waals surface area (Å²) in [6.07, 6.45) is 3.18. The van der Waals surface area contributed by atoms with Crippen molar-refractivity contribution in [2.75, 3.05) is 11.5 Å². The summed E-state index contributed by atoms with van der Waals surface area (Å²) >= 11 is 0. The summed E-state index contributed by atoms with van der Waals surface area (Å²) in [6.45, 7) is 0. The van der Waals surface area contributed by atoms with Gasteiger partial charge < -0.3 is 11.5 Å². The van der Waals surface area contributed by atoms with Crippen LogP contribution in [0.2, 0.25) is 0 Å². The van der Waals surface area contributed by atoms with Crippen LogP contribution in [0.5, 0.6) is 0 Å². The molecular weight excluding hydrogens is 254 g/mol. The van der Waals surface area contributed by atoms with Crippen molar-refractivity contribution in [2.24, 2.45) is 0 Å². The second-order valence-electron chi connectivity index (χ2n) is 4.01. The van der Waals surface area contributed by atoms with Gasteiger partial charge in [-0.3, -0.25) is 0 Å². The fourth-order valence-electron chi connectivity index (χ4n) is 1.75. The Bertz CT molecular complexity index is 696. The van der Waals surface area contributed by atoms with Gasteiger partial charge in [-0.05, 0) is 24.3 Å². The van der Waals surface area contributed by atoms with Gasteiger partial charge in [0.25, 0.3) is 0 Å². The maximum Gasteiger partial charge on any atom is 0.220 e. The third kappa shape index (κ3) is 2.37. The minimum atomic E-state index is 0.209. The standard InChI is InChI=1S/C13H11N7/c14-12-16-6-4-10(19-12)8-2-1-3-9(18-8)11-5-7-17-13(15)20-11/h1-7H,(H2,14,16,19)(H2,15,17,20). The summed E-state index contributed by atoms with van der Waals surface area (Å²) < 4.78 is 0. The summed E-state index contributed by atoms with van der Waals surface area (Å²) in [5.41, 5.74) is 13.8. The Labute approximate surface area is 114 Å². The number of pyridine rings is 1. The molecule has 7 heteroatoms. The van der Waals surface area contributed by atoms with Gasteiger partial charge >= 0.3 is 0 Å². The molecule has 0 fully saturated rings. The SMILES string of the molecule is Nc1nccc(-c2cccc(-c3ccnc(N)n3)n2)n1. The van der Waals surface area contributed by atoms with Crippen molar-refractivity contribution >= 4 is 11.9 Å². The Morgan fingerprint density at radius 2 is 1.05 bits per heavy atom. The van der Waals surface area contributed by atoms with Crippen LogP contribution < -0.4 is 11.5 Å². The van der Waals surface area contributed by atoms with Crippen molar-refractivity contribution in [3.05, 3.63) is 42.7 Å². The molecule has 0 atom stereocenters. The van der Waals surface area contributed by atoms with E-state index in [1.807, 2.05) is 18.2 Å². The first-order valence-corrected chi connectivity index (χ1v) is 5.87. The first-order valence-electron chi connectivity index (χ1n) is 5.87. The van der Waals surface area contributed by atoms with Gasteiger partial charge in [-0.15, -0.1) is 0 Å². The topological polar surface area (TPSA) is 116 Å². The average Bonchev–Trinajstić information content (AvgIpc) is 2.47. The van der Waals surface area contributed by atoms with Gasteiger partial charge in [0.1, 0.15) is 0 Å². The molecule has 0 aliphatic rings. The lowest BCUT2D eigenvalue weighted by Gasteiger charge is -2.04. The lowest BCUT2D eigenvalue weighted by atomic mass is 10.2. The van der Waals surface area contributed by atoms with E-state index in [9.17, 15) is 0 Å². The van der Waals surface area contributed by atoms with Crippen LogP contribution in [0.4, 0.5) is 11.9 Å². The fourth-order valence-corrected chi connectivity index (χ4v) is 1.75. The normalized spacial score (nSPS) is 10.4. The van der Waals surface area contributed by atoms with Gasteiger partial charge in [-0.2, -0.15) is 0 Å². The number of hydrogen-bond donors (Lipinski definition) is 2. The predicted octanol–water partition coefficient (Wildman–Crippen LogP) is 1.16. The van der Waals surface area contributed by atoms with Gasteiger partial charge in [0.2, 0.25) is 11.9 Å². The molecule has 0 unspecified atom stereocenters. The number of anilines is 2. The first-order chi connectivity index (χ1) is 9.72. The van der Waals surface area contributed by atoms with E-state index >= 15 is 0 Å². The quantitative estimate of drug-likeness (QED) is 0.714. The van der Waals surface area contributed by atoms with Crippen molar-refractivity contribution in [3.8, 4) is 22.8 Å². The molecule has 3 heterocycles. The molecule has 0 aromatic carbocycles. The van der Waals surface area contributed by atoms with Crippen LogP contribution >= 0.6 is 0 Å². The summed E-state index contributed by atoms with van der Waals surface area (Å²) in [7, 11) is 0. The second kappa shape index (κ2) is 4.88. The van der Waals surface area contributed by atoms with Gasteiger partial charge in [0.15, 0.2) is 0 Å². The Morgan fingerprint density at radius 3 is 1.50 bits per heavy atom. The molecule has 0 bridgehead atoms. The molecule has 3 aromatic rings. The maximum atomic E-state index is 5.58. The zero-order valence-electron chi connectivity index (χ0n) is 10.4. The average molecular weight is 265 g/mol.